The van der Waals surface area contributed by atoms with Crippen molar-refractivity contribution >= 4 is 11.6 Å². The Morgan fingerprint density at radius 1 is 1.39 bits per heavy atom. The highest BCUT2D eigenvalue weighted by Crippen LogP contribution is 2.38. The summed E-state index contributed by atoms with van der Waals surface area (Å²) < 4.78 is 1.69. The molecule has 0 amide bonds. The molecule has 18 heavy (non-hydrogen) atoms. The van der Waals surface area contributed by atoms with Gasteiger partial charge in [-0.05, 0) is 37.0 Å². The summed E-state index contributed by atoms with van der Waals surface area (Å²) in [5, 5.41) is 13.1. The molecule has 5 nitrogen and oxygen atoms in total. The first-order chi connectivity index (χ1) is 8.43. The Labute approximate surface area is 108 Å². The monoisotopic (exact) mass is 247 g/mol. The van der Waals surface area contributed by atoms with Gasteiger partial charge in [0.1, 0.15) is 17.5 Å². The van der Waals surface area contributed by atoms with Crippen LogP contribution in [0.4, 0.5) is 11.6 Å². The first kappa shape index (κ1) is 12.7. The van der Waals surface area contributed by atoms with Crippen LogP contribution < -0.4 is 11.5 Å². The van der Waals surface area contributed by atoms with Crippen LogP contribution >= 0.6 is 0 Å². The fraction of sp³-hybridized carbons (Fsp3) is 0.692. The van der Waals surface area contributed by atoms with Gasteiger partial charge in [0.05, 0.1) is 0 Å². The summed E-state index contributed by atoms with van der Waals surface area (Å²) in [5.74, 6) is 1.23. The van der Waals surface area contributed by atoms with Gasteiger partial charge in [0.2, 0.25) is 0 Å². The van der Waals surface area contributed by atoms with Crippen LogP contribution in [-0.4, -0.2) is 9.78 Å². The zero-order valence-corrected chi connectivity index (χ0v) is 11.1. The van der Waals surface area contributed by atoms with E-state index in [1.54, 1.807) is 4.68 Å². The van der Waals surface area contributed by atoms with Crippen LogP contribution in [0.3, 0.4) is 0 Å². The van der Waals surface area contributed by atoms with Crippen molar-refractivity contribution in [3.63, 3.8) is 0 Å². The highest BCUT2D eigenvalue weighted by molar-refractivity contribution is 5.61. The Morgan fingerprint density at radius 2 is 2.00 bits per heavy atom. The van der Waals surface area contributed by atoms with Crippen LogP contribution in [0.25, 0.3) is 0 Å². The van der Waals surface area contributed by atoms with Gasteiger partial charge in [-0.15, -0.1) is 0 Å². The topological polar surface area (TPSA) is 93.6 Å². The molecule has 0 bridgehead atoms. The van der Waals surface area contributed by atoms with Crippen LogP contribution in [0.5, 0.6) is 0 Å². The molecule has 0 radical (unpaired) electrons. The predicted molar refractivity (Wildman–Crippen MR) is 71.5 cm³/mol. The largest absolute Gasteiger partial charge is 0.383 e. The number of anilines is 2. The zero-order valence-electron chi connectivity index (χ0n) is 11.1. The Kier molecular flexibility index (Phi) is 3.20. The number of hydrogen-bond donors (Lipinski definition) is 2. The molecule has 1 aliphatic rings. The molecule has 98 valence electrons. The maximum absolute atomic E-state index is 8.92. The highest BCUT2D eigenvalue weighted by atomic mass is 15.3. The van der Waals surface area contributed by atoms with E-state index in [0.29, 0.717) is 22.7 Å². The van der Waals surface area contributed by atoms with Gasteiger partial charge in [0, 0.05) is 6.54 Å². The van der Waals surface area contributed by atoms with Gasteiger partial charge in [0.15, 0.2) is 5.82 Å². The van der Waals surface area contributed by atoms with E-state index in [4.69, 9.17) is 16.7 Å². The van der Waals surface area contributed by atoms with Crippen molar-refractivity contribution in [2.75, 3.05) is 11.5 Å². The lowest BCUT2D eigenvalue weighted by Gasteiger charge is -2.34. The number of nitrogens with zero attached hydrogens (tertiary/aromatic N) is 3. The molecule has 0 unspecified atom stereocenters. The third-order valence-corrected chi connectivity index (χ3v) is 4.02. The van der Waals surface area contributed by atoms with E-state index >= 15 is 0 Å². The Hall–Kier alpha value is -1.70. The average Bonchev–Trinajstić information content (AvgIpc) is 2.57. The van der Waals surface area contributed by atoms with Crippen LogP contribution in [0.1, 0.15) is 45.1 Å². The number of nitrogen functional groups attached to an aromatic ring is 2. The van der Waals surface area contributed by atoms with Crippen molar-refractivity contribution in [2.45, 2.75) is 46.1 Å². The van der Waals surface area contributed by atoms with Gasteiger partial charge in [-0.2, -0.15) is 10.4 Å². The zero-order chi connectivity index (χ0) is 13.3. The summed E-state index contributed by atoms with van der Waals surface area (Å²) in [5.41, 5.74) is 12.3. The molecule has 5 heteroatoms. The number of aromatic nitrogens is 2. The molecule has 0 aliphatic heterocycles. The van der Waals surface area contributed by atoms with Gasteiger partial charge >= 0.3 is 0 Å². The number of hydrogen-bond acceptors (Lipinski definition) is 4. The lowest BCUT2D eigenvalue weighted by molar-refractivity contribution is 0.176. The molecule has 4 N–H and O–H groups in total. The highest BCUT2D eigenvalue weighted by Gasteiger charge is 2.27. The lowest BCUT2D eigenvalue weighted by Crippen LogP contribution is -2.24. The van der Waals surface area contributed by atoms with Crippen molar-refractivity contribution in [3.8, 4) is 6.07 Å². The minimum atomic E-state index is 0.242. The molecule has 1 aliphatic carbocycles. The van der Waals surface area contributed by atoms with Crippen molar-refractivity contribution in [1.82, 2.24) is 9.78 Å². The van der Waals surface area contributed by atoms with Crippen LogP contribution in [0.2, 0.25) is 0 Å². The first-order valence-corrected chi connectivity index (χ1v) is 6.45. The van der Waals surface area contributed by atoms with E-state index in [0.717, 1.165) is 6.54 Å². The molecule has 0 atom stereocenters. The van der Waals surface area contributed by atoms with Crippen molar-refractivity contribution in [1.29, 1.82) is 5.26 Å². The van der Waals surface area contributed by atoms with Crippen molar-refractivity contribution in [2.24, 2.45) is 11.3 Å². The first-order valence-electron chi connectivity index (χ1n) is 6.45. The minimum absolute atomic E-state index is 0.242. The molecule has 1 fully saturated rings. The number of nitriles is 1. The molecular formula is C13H21N5. The summed E-state index contributed by atoms with van der Waals surface area (Å²) in [7, 11) is 0. The van der Waals surface area contributed by atoms with Crippen molar-refractivity contribution < 1.29 is 0 Å². The minimum Gasteiger partial charge on any atom is -0.383 e. The van der Waals surface area contributed by atoms with Gasteiger partial charge in [-0.3, -0.25) is 0 Å². The maximum Gasteiger partial charge on any atom is 0.165 e. The van der Waals surface area contributed by atoms with Gasteiger partial charge in [-0.25, -0.2) is 4.68 Å². The van der Waals surface area contributed by atoms with Crippen LogP contribution in [0, 0.1) is 22.7 Å². The second-order valence-electron chi connectivity index (χ2n) is 6.05. The summed E-state index contributed by atoms with van der Waals surface area (Å²) in [6.45, 7) is 5.41. The summed E-state index contributed by atoms with van der Waals surface area (Å²) in [4.78, 5) is 0. The summed E-state index contributed by atoms with van der Waals surface area (Å²) in [6.07, 6.45) is 4.85. The van der Waals surface area contributed by atoms with E-state index in [9.17, 15) is 0 Å². The van der Waals surface area contributed by atoms with Gasteiger partial charge in [-0.1, -0.05) is 13.8 Å². The van der Waals surface area contributed by atoms with Gasteiger partial charge < -0.3 is 11.5 Å². The quantitative estimate of drug-likeness (QED) is 0.837. The molecule has 1 saturated carbocycles. The van der Waals surface area contributed by atoms with E-state index in [2.05, 4.69) is 18.9 Å². The van der Waals surface area contributed by atoms with Gasteiger partial charge in [0.25, 0.3) is 0 Å². The third-order valence-electron chi connectivity index (χ3n) is 4.02. The Balaban J connectivity index is 2.05. The Morgan fingerprint density at radius 3 is 2.50 bits per heavy atom. The predicted octanol–water partition coefficient (Wildman–Crippen LogP) is 2.14. The fourth-order valence-electron chi connectivity index (χ4n) is 2.63. The maximum atomic E-state index is 8.92. The van der Waals surface area contributed by atoms with E-state index in [1.807, 2.05) is 6.07 Å². The second-order valence-corrected chi connectivity index (χ2v) is 6.05. The molecule has 0 spiro atoms. The molecular weight excluding hydrogens is 226 g/mol. The molecule has 0 aromatic carbocycles. The van der Waals surface area contributed by atoms with E-state index < -0.39 is 0 Å². The SMILES string of the molecule is CC1(C)CCC(Cn2nc(N)c(C#N)c2N)CC1. The average molecular weight is 247 g/mol. The molecule has 2 rings (SSSR count). The smallest absolute Gasteiger partial charge is 0.165 e. The Bertz CT molecular complexity index is 470. The lowest BCUT2D eigenvalue weighted by atomic mass is 9.73. The van der Waals surface area contributed by atoms with E-state index in [-0.39, 0.29) is 5.82 Å². The summed E-state index contributed by atoms with van der Waals surface area (Å²) in [6, 6.07) is 2.00. The number of rotatable bonds is 2. The molecule has 1 aromatic rings. The standard InChI is InChI=1S/C13H21N5/c1-13(2)5-3-9(4-6-13)8-18-12(16)10(7-14)11(15)17-18/h9H,3-6,8,16H2,1-2H3,(H2,15,17). The van der Waals surface area contributed by atoms with Crippen LogP contribution in [-0.2, 0) is 6.54 Å². The molecule has 1 aromatic heterocycles. The molecule has 0 saturated heterocycles. The van der Waals surface area contributed by atoms with Crippen LogP contribution in [0.15, 0.2) is 0 Å². The normalized spacial score (nSPS) is 19.6. The second kappa shape index (κ2) is 4.52. The van der Waals surface area contributed by atoms with Crippen molar-refractivity contribution in [3.05, 3.63) is 5.56 Å². The van der Waals surface area contributed by atoms with E-state index in [1.165, 1.54) is 25.7 Å². The third kappa shape index (κ3) is 2.42. The summed E-state index contributed by atoms with van der Waals surface area (Å²) >= 11 is 0. The fourth-order valence-corrected chi connectivity index (χ4v) is 2.63. The number of nitrogens with two attached hydrogens (primary N) is 2. The molecule has 1 heterocycles.